The summed E-state index contributed by atoms with van der Waals surface area (Å²) >= 11 is 0. The molecule has 1 atom stereocenters. The molecule has 2 N–H and O–H groups in total. The van der Waals surface area contributed by atoms with E-state index in [2.05, 4.69) is 5.32 Å². The largest absolute Gasteiger partial charge is 0.497 e. The van der Waals surface area contributed by atoms with Gasteiger partial charge >= 0.3 is 0 Å². The molecule has 0 heterocycles. The number of hydrogen-bond acceptors (Lipinski definition) is 3. The van der Waals surface area contributed by atoms with E-state index in [0.717, 1.165) is 28.5 Å². The van der Waals surface area contributed by atoms with E-state index in [4.69, 9.17) is 9.84 Å². The van der Waals surface area contributed by atoms with Crippen molar-refractivity contribution in [3.05, 3.63) is 42.0 Å². The second-order valence-corrected chi connectivity index (χ2v) is 6.12. The minimum Gasteiger partial charge on any atom is -0.497 e. The number of ether oxygens (including phenoxy) is 1. The molecule has 124 valence electrons. The summed E-state index contributed by atoms with van der Waals surface area (Å²) in [5.41, 5.74) is 0.607. The maximum absolute atomic E-state index is 12.4. The predicted octanol–water partition coefficient (Wildman–Crippen LogP) is 3.06. The second-order valence-electron chi connectivity index (χ2n) is 6.12. The molecule has 0 saturated carbocycles. The highest BCUT2D eigenvalue weighted by molar-refractivity contribution is 5.91. The van der Waals surface area contributed by atoms with Gasteiger partial charge in [0.2, 0.25) is 5.91 Å². The summed E-state index contributed by atoms with van der Waals surface area (Å²) in [7, 11) is 1.64. The molecule has 0 bridgehead atoms. The lowest BCUT2D eigenvalue weighted by Crippen LogP contribution is -2.46. The molecule has 0 aliphatic carbocycles. The predicted molar refractivity (Wildman–Crippen MR) is 92.7 cm³/mol. The third-order valence-electron chi connectivity index (χ3n) is 4.42. The fraction of sp³-hybridized carbons (Fsp3) is 0.421. The molecule has 0 saturated heterocycles. The minimum absolute atomic E-state index is 0.0295. The Hall–Kier alpha value is -2.07. The Labute approximate surface area is 137 Å². The number of aliphatic hydroxyl groups is 1. The van der Waals surface area contributed by atoms with Gasteiger partial charge in [0.15, 0.2) is 0 Å². The Bertz CT molecular complexity index is 683. The average Bonchev–Trinajstić information content (AvgIpc) is 2.54. The molecule has 0 spiro atoms. The number of benzene rings is 2. The van der Waals surface area contributed by atoms with E-state index >= 15 is 0 Å². The van der Waals surface area contributed by atoms with Crippen molar-refractivity contribution in [2.75, 3.05) is 13.7 Å². The van der Waals surface area contributed by atoms with E-state index in [1.165, 1.54) is 0 Å². The van der Waals surface area contributed by atoms with Gasteiger partial charge in [-0.25, -0.2) is 0 Å². The van der Waals surface area contributed by atoms with Crippen molar-refractivity contribution in [1.82, 2.24) is 5.32 Å². The number of rotatable bonds is 7. The summed E-state index contributed by atoms with van der Waals surface area (Å²) in [6.45, 7) is 4.04. The van der Waals surface area contributed by atoms with Crippen molar-refractivity contribution in [3.8, 4) is 5.75 Å². The number of nitrogens with one attached hydrogen (secondary N) is 1. The molecule has 0 fully saturated rings. The first-order chi connectivity index (χ1) is 11.0. The quantitative estimate of drug-likeness (QED) is 0.825. The maximum Gasteiger partial charge on any atom is 0.224 e. The van der Waals surface area contributed by atoms with Crippen LogP contribution in [0.2, 0.25) is 0 Å². The number of aliphatic hydroxyl groups excluding tert-OH is 1. The van der Waals surface area contributed by atoms with Crippen molar-refractivity contribution >= 4 is 16.7 Å². The van der Waals surface area contributed by atoms with E-state index < -0.39 is 0 Å². The lowest BCUT2D eigenvalue weighted by Gasteiger charge is -2.29. The van der Waals surface area contributed by atoms with Crippen LogP contribution in [-0.2, 0) is 11.2 Å². The number of amides is 1. The van der Waals surface area contributed by atoms with Gasteiger partial charge in [-0.2, -0.15) is 0 Å². The van der Waals surface area contributed by atoms with Crippen LogP contribution < -0.4 is 10.1 Å². The first-order valence-electron chi connectivity index (χ1n) is 7.99. The van der Waals surface area contributed by atoms with E-state index in [1.54, 1.807) is 7.11 Å². The first kappa shape index (κ1) is 17.3. The van der Waals surface area contributed by atoms with Crippen LogP contribution >= 0.6 is 0 Å². The van der Waals surface area contributed by atoms with E-state index in [9.17, 15) is 4.79 Å². The summed E-state index contributed by atoms with van der Waals surface area (Å²) < 4.78 is 5.28. The molecule has 23 heavy (non-hydrogen) atoms. The van der Waals surface area contributed by atoms with Gasteiger partial charge in [-0.05, 0) is 48.2 Å². The molecule has 1 amide bonds. The van der Waals surface area contributed by atoms with Crippen LogP contribution in [0.15, 0.2) is 36.4 Å². The molecule has 0 radical (unpaired) electrons. The van der Waals surface area contributed by atoms with Crippen molar-refractivity contribution in [2.45, 2.75) is 38.6 Å². The van der Waals surface area contributed by atoms with Gasteiger partial charge in [-0.3, -0.25) is 4.79 Å². The molecule has 0 aromatic heterocycles. The van der Waals surface area contributed by atoms with Crippen LogP contribution in [-0.4, -0.2) is 30.3 Å². The Morgan fingerprint density at radius 1 is 1.30 bits per heavy atom. The highest BCUT2D eigenvalue weighted by atomic mass is 16.5. The molecule has 0 aliphatic rings. The summed E-state index contributed by atoms with van der Waals surface area (Å²) in [6.07, 6.45) is 1.65. The molecule has 2 rings (SSSR count). The van der Waals surface area contributed by atoms with Crippen LogP contribution in [0.25, 0.3) is 10.8 Å². The lowest BCUT2D eigenvalue weighted by molar-refractivity contribution is -0.122. The van der Waals surface area contributed by atoms with E-state index in [0.29, 0.717) is 12.8 Å². The number of carbonyl (C=O) groups is 1. The van der Waals surface area contributed by atoms with Gasteiger partial charge in [0.05, 0.1) is 13.5 Å². The molecule has 2 aromatic carbocycles. The fourth-order valence-corrected chi connectivity index (χ4v) is 2.73. The number of hydrogen-bond donors (Lipinski definition) is 2. The Morgan fingerprint density at radius 2 is 2.09 bits per heavy atom. The lowest BCUT2D eigenvalue weighted by atomic mass is 9.94. The van der Waals surface area contributed by atoms with Gasteiger partial charge in [0.25, 0.3) is 0 Å². The summed E-state index contributed by atoms with van der Waals surface area (Å²) in [4.78, 5) is 12.4. The molecule has 2 aromatic rings. The number of carbonyl (C=O) groups excluding carboxylic acids is 1. The smallest absolute Gasteiger partial charge is 0.224 e. The van der Waals surface area contributed by atoms with Crippen molar-refractivity contribution in [3.63, 3.8) is 0 Å². The first-order valence-corrected chi connectivity index (χ1v) is 7.99. The summed E-state index contributed by atoms with van der Waals surface area (Å²) in [5.74, 6) is 0.752. The molecular formula is C19H25NO3. The van der Waals surface area contributed by atoms with Crippen LogP contribution in [0.4, 0.5) is 0 Å². The fourth-order valence-electron chi connectivity index (χ4n) is 2.73. The summed E-state index contributed by atoms with van der Waals surface area (Å²) in [5, 5.41) is 14.3. The van der Waals surface area contributed by atoms with Gasteiger partial charge in [0, 0.05) is 12.1 Å². The molecular weight excluding hydrogens is 290 g/mol. The van der Waals surface area contributed by atoms with Crippen LogP contribution in [0, 0.1) is 0 Å². The Balaban J connectivity index is 2.22. The van der Waals surface area contributed by atoms with Gasteiger partial charge in [-0.15, -0.1) is 0 Å². The zero-order valence-electron chi connectivity index (χ0n) is 14.1. The normalized spacial score (nSPS) is 13.6. The minimum atomic E-state index is -0.367. The van der Waals surface area contributed by atoms with E-state index in [1.807, 2.05) is 50.2 Å². The number of fused-ring (bicyclic) bond motifs is 1. The van der Waals surface area contributed by atoms with Gasteiger partial charge < -0.3 is 15.2 Å². The van der Waals surface area contributed by atoms with Crippen LogP contribution in [0.1, 0.15) is 32.3 Å². The number of methoxy groups -OCH3 is 1. The molecule has 1 unspecified atom stereocenters. The van der Waals surface area contributed by atoms with Crippen LogP contribution in [0.5, 0.6) is 5.75 Å². The Kier molecular flexibility index (Phi) is 5.61. The maximum atomic E-state index is 12.4. The monoisotopic (exact) mass is 315 g/mol. The SMILES string of the molecule is CCC(C)(CCO)NC(=O)Cc1cccc2ccc(OC)cc12. The zero-order valence-corrected chi connectivity index (χ0v) is 14.1. The van der Waals surface area contributed by atoms with Crippen molar-refractivity contribution < 1.29 is 14.6 Å². The second kappa shape index (κ2) is 7.47. The van der Waals surface area contributed by atoms with Gasteiger partial charge in [0.1, 0.15) is 5.75 Å². The molecule has 0 aliphatic heterocycles. The van der Waals surface area contributed by atoms with E-state index in [-0.39, 0.29) is 18.1 Å². The molecule has 4 heteroatoms. The third kappa shape index (κ3) is 4.23. The topological polar surface area (TPSA) is 58.6 Å². The highest BCUT2D eigenvalue weighted by Gasteiger charge is 2.23. The third-order valence-corrected chi connectivity index (χ3v) is 4.42. The standard InChI is InChI=1S/C19H25NO3/c1-4-19(2,10-11-21)20-18(22)12-15-7-5-6-14-8-9-16(23-3)13-17(14)15/h5-9,13,21H,4,10-12H2,1-3H3,(H,20,22). The zero-order chi connectivity index (χ0) is 16.9. The van der Waals surface area contributed by atoms with Crippen molar-refractivity contribution in [1.29, 1.82) is 0 Å². The summed E-state index contributed by atoms with van der Waals surface area (Å²) in [6, 6.07) is 11.8. The average molecular weight is 315 g/mol. The highest BCUT2D eigenvalue weighted by Crippen LogP contribution is 2.24. The molecule has 4 nitrogen and oxygen atoms in total. The van der Waals surface area contributed by atoms with Crippen molar-refractivity contribution in [2.24, 2.45) is 0 Å². The van der Waals surface area contributed by atoms with Crippen LogP contribution in [0.3, 0.4) is 0 Å². The van der Waals surface area contributed by atoms with Gasteiger partial charge in [-0.1, -0.05) is 31.2 Å². The Morgan fingerprint density at radius 3 is 2.74 bits per heavy atom.